The number of furan rings is 1. The van der Waals surface area contributed by atoms with E-state index >= 15 is 0 Å². The van der Waals surface area contributed by atoms with Gasteiger partial charge in [-0.3, -0.25) is 9.59 Å². The highest BCUT2D eigenvalue weighted by molar-refractivity contribution is 7.89. The monoisotopic (exact) mass is 481 g/mol. The number of aryl methyl sites for hydroxylation is 1. The van der Waals surface area contributed by atoms with Gasteiger partial charge in [0.1, 0.15) is 5.76 Å². The lowest BCUT2D eigenvalue weighted by Gasteiger charge is -2.21. The highest BCUT2D eigenvalue weighted by Crippen LogP contribution is 2.20. The van der Waals surface area contributed by atoms with Crippen LogP contribution < -0.4 is 5.32 Å². The van der Waals surface area contributed by atoms with Crippen LogP contribution in [0.1, 0.15) is 34.5 Å². The predicted octanol–water partition coefficient (Wildman–Crippen LogP) is 3.65. The van der Waals surface area contributed by atoms with Crippen molar-refractivity contribution in [2.75, 3.05) is 25.0 Å². The second kappa shape index (κ2) is 10.2. The van der Waals surface area contributed by atoms with Crippen LogP contribution in [0, 0.1) is 6.92 Å². The van der Waals surface area contributed by atoms with Gasteiger partial charge in [0.05, 0.1) is 24.2 Å². The SMILES string of the molecule is Cc1ccc(S(=O)(=O)N(CC(=O)Nc2ccc(C(=O)N3CCCC3)cc2)Cc2ccco2)cc1. The molecule has 0 spiro atoms. The number of nitrogens with one attached hydrogen (secondary N) is 1. The number of hydrogen-bond acceptors (Lipinski definition) is 5. The number of carbonyl (C=O) groups is 2. The fourth-order valence-electron chi connectivity index (χ4n) is 3.82. The molecule has 0 aliphatic carbocycles. The van der Waals surface area contributed by atoms with Gasteiger partial charge in [0.2, 0.25) is 15.9 Å². The number of benzene rings is 2. The van der Waals surface area contributed by atoms with Crippen LogP contribution in [0.3, 0.4) is 0 Å². The summed E-state index contributed by atoms with van der Waals surface area (Å²) in [5.74, 6) is -0.0988. The number of nitrogens with zero attached hydrogens (tertiary/aromatic N) is 2. The van der Waals surface area contributed by atoms with Crippen LogP contribution in [0.4, 0.5) is 5.69 Å². The second-order valence-electron chi connectivity index (χ2n) is 8.29. The Labute approximate surface area is 199 Å². The number of amides is 2. The molecule has 0 bridgehead atoms. The van der Waals surface area contributed by atoms with Crippen LogP contribution in [0.15, 0.2) is 76.2 Å². The molecule has 2 aromatic carbocycles. The van der Waals surface area contributed by atoms with Crippen molar-refractivity contribution in [2.24, 2.45) is 0 Å². The van der Waals surface area contributed by atoms with Crippen molar-refractivity contribution in [1.29, 1.82) is 0 Å². The summed E-state index contributed by atoms with van der Waals surface area (Å²) in [6, 6.07) is 16.4. The standard InChI is InChI=1S/C25H27N3O5S/c1-19-6-12-23(13-7-19)34(31,32)28(17-22-5-4-16-33-22)18-24(29)26-21-10-8-20(9-11-21)25(30)27-14-2-3-15-27/h4-13,16H,2-3,14-15,17-18H2,1H3,(H,26,29). The maximum absolute atomic E-state index is 13.3. The molecule has 2 heterocycles. The van der Waals surface area contributed by atoms with Gasteiger partial charge in [-0.25, -0.2) is 8.42 Å². The summed E-state index contributed by atoms with van der Waals surface area (Å²) in [5.41, 5.74) is 1.97. The van der Waals surface area contributed by atoms with E-state index in [1.807, 2.05) is 11.8 Å². The lowest BCUT2D eigenvalue weighted by atomic mass is 10.2. The molecule has 4 rings (SSSR count). The summed E-state index contributed by atoms with van der Waals surface area (Å²) in [6.07, 6.45) is 3.48. The predicted molar refractivity (Wildman–Crippen MR) is 128 cm³/mol. The average molecular weight is 482 g/mol. The van der Waals surface area contributed by atoms with Gasteiger partial charge < -0.3 is 14.6 Å². The molecule has 1 aromatic heterocycles. The Bertz CT molecular complexity index is 1230. The molecule has 0 unspecified atom stereocenters. The first kappa shape index (κ1) is 23.7. The quantitative estimate of drug-likeness (QED) is 0.529. The lowest BCUT2D eigenvalue weighted by Crippen LogP contribution is -2.37. The van der Waals surface area contributed by atoms with E-state index in [0.29, 0.717) is 17.0 Å². The van der Waals surface area contributed by atoms with Crippen molar-refractivity contribution in [3.8, 4) is 0 Å². The van der Waals surface area contributed by atoms with E-state index in [0.717, 1.165) is 35.8 Å². The summed E-state index contributed by atoms with van der Waals surface area (Å²) < 4.78 is 32.9. The number of sulfonamides is 1. The minimum absolute atomic E-state index is 0.0239. The van der Waals surface area contributed by atoms with E-state index in [9.17, 15) is 18.0 Å². The summed E-state index contributed by atoms with van der Waals surface area (Å²) in [5, 5.41) is 2.72. The Morgan fingerprint density at radius 2 is 1.68 bits per heavy atom. The molecule has 0 radical (unpaired) electrons. The molecule has 0 atom stereocenters. The Morgan fingerprint density at radius 1 is 1.00 bits per heavy atom. The first-order valence-electron chi connectivity index (χ1n) is 11.1. The maximum atomic E-state index is 13.3. The Morgan fingerprint density at radius 3 is 2.29 bits per heavy atom. The number of likely N-dealkylation sites (tertiary alicyclic amines) is 1. The van der Waals surface area contributed by atoms with E-state index < -0.39 is 22.5 Å². The number of anilines is 1. The van der Waals surface area contributed by atoms with Crippen molar-refractivity contribution in [1.82, 2.24) is 9.21 Å². The molecule has 2 amide bonds. The van der Waals surface area contributed by atoms with Gasteiger partial charge in [-0.15, -0.1) is 0 Å². The molecule has 34 heavy (non-hydrogen) atoms. The van der Waals surface area contributed by atoms with Gasteiger partial charge in [0.15, 0.2) is 0 Å². The van der Waals surface area contributed by atoms with E-state index in [1.165, 1.54) is 18.4 Å². The summed E-state index contributed by atoms with van der Waals surface area (Å²) in [7, 11) is -3.95. The largest absolute Gasteiger partial charge is 0.468 e. The molecule has 1 saturated heterocycles. The van der Waals surface area contributed by atoms with Crippen LogP contribution in [-0.4, -0.2) is 49.1 Å². The number of carbonyl (C=O) groups excluding carboxylic acids is 2. The zero-order chi connectivity index (χ0) is 24.1. The van der Waals surface area contributed by atoms with Crippen molar-refractivity contribution in [3.63, 3.8) is 0 Å². The Kier molecular flexibility index (Phi) is 7.14. The third kappa shape index (κ3) is 5.55. The molecule has 1 fully saturated rings. The fourth-order valence-corrected chi connectivity index (χ4v) is 5.18. The molecular weight excluding hydrogens is 454 g/mol. The molecule has 1 aliphatic heterocycles. The van der Waals surface area contributed by atoms with Crippen molar-refractivity contribution in [2.45, 2.75) is 31.2 Å². The number of hydrogen-bond donors (Lipinski definition) is 1. The Balaban J connectivity index is 1.47. The molecular formula is C25H27N3O5S. The van der Waals surface area contributed by atoms with Gasteiger partial charge >= 0.3 is 0 Å². The molecule has 3 aromatic rings. The topological polar surface area (TPSA) is 99.9 Å². The van der Waals surface area contributed by atoms with Crippen molar-refractivity contribution >= 4 is 27.5 Å². The molecule has 1 N–H and O–H groups in total. The van der Waals surface area contributed by atoms with E-state index in [2.05, 4.69) is 5.32 Å². The highest BCUT2D eigenvalue weighted by atomic mass is 32.2. The van der Waals surface area contributed by atoms with Crippen LogP contribution in [0.2, 0.25) is 0 Å². The van der Waals surface area contributed by atoms with Crippen molar-refractivity contribution < 1.29 is 22.4 Å². The minimum Gasteiger partial charge on any atom is -0.468 e. The van der Waals surface area contributed by atoms with Gasteiger partial charge in [-0.1, -0.05) is 17.7 Å². The van der Waals surface area contributed by atoms with Crippen LogP contribution in [-0.2, 0) is 21.4 Å². The summed E-state index contributed by atoms with van der Waals surface area (Å²) >= 11 is 0. The van der Waals surface area contributed by atoms with E-state index in [1.54, 1.807) is 48.5 Å². The fraction of sp³-hybridized carbons (Fsp3) is 0.280. The molecule has 178 valence electrons. The summed E-state index contributed by atoms with van der Waals surface area (Å²) in [6.45, 7) is 2.91. The van der Waals surface area contributed by atoms with Gasteiger partial charge in [0, 0.05) is 24.3 Å². The first-order chi connectivity index (χ1) is 16.3. The van der Waals surface area contributed by atoms with Crippen LogP contribution >= 0.6 is 0 Å². The smallest absolute Gasteiger partial charge is 0.253 e. The average Bonchev–Trinajstić information content (AvgIpc) is 3.54. The zero-order valence-corrected chi connectivity index (χ0v) is 19.8. The molecule has 9 heteroatoms. The second-order valence-corrected chi connectivity index (χ2v) is 10.2. The molecule has 0 saturated carbocycles. The van der Waals surface area contributed by atoms with Gasteiger partial charge in [0.25, 0.3) is 5.91 Å². The minimum atomic E-state index is -3.95. The van der Waals surface area contributed by atoms with E-state index in [4.69, 9.17) is 4.42 Å². The zero-order valence-electron chi connectivity index (χ0n) is 18.9. The Hall–Kier alpha value is -3.43. The van der Waals surface area contributed by atoms with Gasteiger partial charge in [-0.2, -0.15) is 4.31 Å². The molecule has 1 aliphatic rings. The van der Waals surface area contributed by atoms with Crippen molar-refractivity contribution in [3.05, 3.63) is 83.8 Å². The van der Waals surface area contributed by atoms with E-state index in [-0.39, 0.29) is 17.3 Å². The molecule has 8 nitrogen and oxygen atoms in total. The third-order valence-electron chi connectivity index (χ3n) is 5.70. The van der Waals surface area contributed by atoms with Crippen LogP contribution in [0.5, 0.6) is 0 Å². The first-order valence-corrected chi connectivity index (χ1v) is 12.6. The van der Waals surface area contributed by atoms with Gasteiger partial charge in [-0.05, 0) is 68.3 Å². The highest BCUT2D eigenvalue weighted by Gasteiger charge is 2.28. The third-order valence-corrected chi connectivity index (χ3v) is 7.51. The summed E-state index contributed by atoms with van der Waals surface area (Å²) in [4.78, 5) is 27.2. The number of rotatable bonds is 8. The van der Waals surface area contributed by atoms with Crippen LogP contribution in [0.25, 0.3) is 0 Å². The normalized spacial score (nSPS) is 13.9. The maximum Gasteiger partial charge on any atom is 0.253 e. The lowest BCUT2D eigenvalue weighted by molar-refractivity contribution is -0.116.